The Morgan fingerprint density at radius 3 is 1.91 bits per heavy atom. The Morgan fingerprint density at radius 2 is 1.41 bits per heavy atom. The number of hydrogen-bond donors (Lipinski definition) is 2. The Hall–Kier alpha value is -3.83. The van der Waals surface area contributed by atoms with Gasteiger partial charge in [-0.25, -0.2) is 13.2 Å². The van der Waals surface area contributed by atoms with Crippen LogP contribution < -0.4 is 5.32 Å². The maximum Gasteiger partial charge on any atom is 0.407 e. The molecule has 0 radical (unpaired) electrons. The van der Waals surface area contributed by atoms with E-state index in [1.165, 1.54) is 23.5 Å². The first-order valence-electron chi connectivity index (χ1n) is 14.4. The van der Waals surface area contributed by atoms with Crippen LogP contribution in [0.5, 0.6) is 0 Å². The fourth-order valence-corrected chi connectivity index (χ4v) is 7.87. The van der Waals surface area contributed by atoms with Gasteiger partial charge in [-0.3, -0.25) is 4.79 Å². The van der Waals surface area contributed by atoms with E-state index in [-0.39, 0.29) is 23.1 Å². The molecule has 1 heterocycles. The molecule has 0 unspecified atom stereocenters. The van der Waals surface area contributed by atoms with Crippen LogP contribution in [0.3, 0.4) is 0 Å². The number of rotatable bonds is 14. The van der Waals surface area contributed by atoms with E-state index in [4.69, 9.17) is 4.74 Å². The lowest BCUT2D eigenvalue weighted by atomic mass is 9.83. The lowest BCUT2D eigenvalue weighted by molar-refractivity contribution is 0.0925. The minimum atomic E-state index is -3.97. The van der Waals surface area contributed by atoms with Gasteiger partial charge in [-0.05, 0) is 47.7 Å². The van der Waals surface area contributed by atoms with Crippen molar-refractivity contribution in [2.45, 2.75) is 43.2 Å². The third-order valence-electron chi connectivity index (χ3n) is 7.39. The number of amides is 1. The highest BCUT2D eigenvalue weighted by atomic mass is 32.2. The smallest absolute Gasteiger partial charge is 0.407 e. The topological polar surface area (TPSA) is 113 Å². The molecule has 1 aromatic heterocycles. The van der Waals surface area contributed by atoms with Crippen LogP contribution >= 0.6 is 11.3 Å². The average molecular weight is 635 g/mol. The van der Waals surface area contributed by atoms with E-state index < -0.39 is 40.7 Å². The molecular weight excluding hydrogens is 597 g/mol. The first-order chi connectivity index (χ1) is 21.2. The number of sulfonamides is 1. The third kappa shape index (κ3) is 7.81. The second kappa shape index (κ2) is 15.3. The molecule has 10 heteroatoms. The highest BCUT2D eigenvalue weighted by molar-refractivity contribution is 7.89. The van der Waals surface area contributed by atoms with Crippen molar-refractivity contribution in [2.24, 2.45) is 5.92 Å². The summed E-state index contributed by atoms with van der Waals surface area (Å²) in [5.74, 6) is -0.675. The van der Waals surface area contributed by atoms with Crippen LogP contribution in [0.2, 0.25) is 0 Å². The van der Waals surface area contributed by atoms with Crippen LogP contribution in [0.15, 0.2) is 108 Å². The molecule has 232 valence electrons. The van der Waals surface area contributed by atoms with Gasteiger partial charge in [-0.15, -0.1) is 11.3 Å². The monoisotopic (exact) mass is 634 g/mol. The Morgan fingerprint density at radius 1 is 0.864 bits per heavy atom. The van der Waals surface area contributed by atoms with Crippen molar-refractivity contribution in [3.8, 4) is 0 Å². The van der Waals surface area contributed by atoms with Crippen molar-refractivity contribution in [3.05, 3.63) is 124 Å². The minimum Gasteiger partial charge on any atom is -0.453 e. The Balaban J connectivity index is 1.75. The molecule has 0 aliphatic rings. The summed E-state index contributed by atoms with van der Waals surface area (Å²) in [6, 6.07) is 28.4. The van der Waals surface area contributed by atoms with E-state index in [1.54, 1.807) is 30.3 Å². The van der Waals surface area contributed by atoms with Crippen molar-refractivity contribution in [3.63, 3.8) is 0 Å². The molecule has 0 aliphatic carbocycles. The van der Waals surface area contributed by atoms with Crippen LogP contribution in [0.25, 0.3) is 0 Å². The van der Waals surface area contributed by atoms with Gasteiger partial charge in [-0.2, -0.15) is 4.31 Å². The largest absolute Gasteiger partial charge is 0.453 e. The number of nitrogens with one attached hydrogen (secondary N) is 1. The molecule has 0 saturated heterocycles. The minimum absolute atomic E-state index is 0.131. The molecule has 4 aromatic rings. The van der Waals surface area contributed by atoms with Crippen molar-refractivity contribution >= 4 is 33.2 Å². The van der Waals surface area contributed by atoms with Gasteiger partial charge < -0.3 is 15.2 Å². The number of carbonyl (C=O) groups is 2. The van der Waals surface area contributed by atoms with E-state index in [9.17, 15) is 23.1 Å². The molecular formula is C34H38N2O6S2. The van der Waals surface area contributed by atoms with Gasteiger partial charge in [0.15, 0.2) is 5.78 Å². The van der Waals surface area contributed by atoms with E-state index in [1.807, 2.05) is 74.5 Å². The molecule has 0 spiro atoms. The van der Waals surface area contributed by atoms with Gasteiger partial charge in [0.1, 0.15) is 6.04 Å². The Kier molecular flexibility index (Phi) is 11.5. The van der Waals surface area contributed by atoms with Gasteiger partial charge in [0.05, 0.1) is 29.5 Å². The number of alkyl carbamates (subject to hydrolysis) is 1. The van der Waals surface area contributed by atoms with Crippen LogP contribution in [-0.2, 0) is 14.8 Å². The van der Waals surface area contributed by atoms with E-state index in [2.05, 4.69) is 5.32 Å². The number of carbonyl (C=O) groups excluding carboxylic acids is 2. The standard InChI is InChI=1S/C34H38N2O6S2/c1-24(2)21-22-36(44(40,41)27-17-11-6-12-18-27)28(23-37)29-19-20-30(43-29)33(38)32(35-34(39)42-3)31(25-13-7-4-8-14-25)26-15-9-5-10-16-26/h4-20,24,28,31-32,37H,21-23H2,1-3H3,(H,35,39)/t28-,32-/m1/s1. The average Bonchev–Trinajstić information content (AvgIpc) is 3.53. The summed E-state index contributed by atoms with van der Waals surface area (Å²) in [7, 11) is -2.73. The summed E-state index contributed by atoms with van der Waals surface area (Å²) in [4.78, 5) is 27.8. The van der Waals surface area contributed by atoms with Crippen molar-refractivity contribution in [2.75, 3.05) is 20.3 Å². The van der Waals surface area contributed by atoms with E-state index in [0.29, 0.717) is 16.2 Å². The van der Waals surface area contributed by atoms with Crippen molar-refractivity contribution < 1.29 is 27.9 Å². The zero-order valence-electron chi connectivity index (χ0n) is 25.0. The highest BCUT2D eigenvalue weighted by Gasteiger charge is 2.36. The maximum absolute atomic E-state index is 14.3. The molecule has 4 rings (SSSR count). The molecule has 0 bridgehead atoms. The maximum atomic E-state index is 14.3. The number of hydrogen-bond acceptors (Lipinski definition) is 7. The Labute approximate surface area is 263 Å². The normalized spacial score (nSPS) is 13.2. The quantitative estimate of drug-likeness (QED) is 0.158. The van der Waals surface area contributed by atoms with Crippen molar-refractivity contribution in [1.82, 2.24) is 9.62 Å². The third-order valence-corrected chi connectivity index (χ3v) is 10.5. The number of thiophene rings is 1. The predicted octanol–water partition coefficient (Wildman–Crippen LogP) is 6.26. The molecule has 1 amide bonds. The van der Waals surface area contributed by atoms with Gasteiger partial charge in [-0.1, -0.05) is 92.7 Å². The number of Topliss-reactive ketones (excluding diaryl/α,β-unsaturated/α-hetero) is 1. The number of ether oxygens (including phenoxy) is 1. The first-order valence-corrected chi connectivity index (χ1v) is 16.7. The number of ketones is 1. The van der Waals surface area contributed by atoms with E-state index >= 15 is 0 Å². The number of benzene rings is 3. The zero-order chi connectivity index (χ0) is 31.7. The van der Waals surface area contributed by atoms with Crippen molar-refractivity contribution in [1.29, 1.82) is 0 Å². The number of aliphatic hydroxyl groups excluding tert-OH is 1. The molecule has 0 fully saturated rings. The molecule has 2 N–H and O–H groups in total. The fourth-order valence-electron chi connectivity index (χ4n) is 5.08. The molecule has 2 atom stereocenters. The summed E-state index contributed by atoms with van der Waals surface area (Å²) in [6.07, 6.45) is -0.167. The summed E-state index contributed by atoms with van der Waals surface area (Å²) in [6.45, 7) is 3.73. The summed E-state index contributed by atoms with van der Waals surface area (Å²) >= 11 is 1.11. The predicted molar refractivity (Wildman–Crippen MR) is 172 cm³/mol. The van der Waals surface area contributed by atoms with Gasteiger partial charge in [0.25, 0.3) is 0 Å². The number of aliphatic hydroxyl groups is 1. The van der Waals surface area contributed by atoms with Crippen LogP contribution in [0, 0.1) is 5.92 Å². The van der Waals surface area contributed by atoms with Gasteiger partial charge >= 0.3 is 6.09 Å². The second-order valence-electron chi connectivity index (χ2n) is 10.8. The second-order valence-corrected chi connectivity index (χ2v) is 13.8. The van der Waals surface area contributed by atoms with Crippen LogP contribution in [-0.4, -0.2) is 56.0 Å². The van der Waals surface area contributed by atoms with Crippen LogP contribution in [0.1, 0.15) is 57.9 Å². The summed E-state index contributed by atoms with van der Waals surface area (Å²) in [5.41, 5.74) is 1.65. The molecule has 3 aromatic carbocycles. The van der Waals surface area contributed by atoms with E-state index in [0.717, 1.165) is 22.5 Å². The fraction of sp³-hybridized carbons (Fsp3) is 0.294. The van der Waals surface area contributed by atoms with Crippen LogP contribution in [0.4, 0.5) is 4.79 Å². The molecule has 0 aliphatic heterocycles. The summed E-state index contributed by atoms with van der Waals surface area (Å²) < 4.78 is 33.9. The van der Waals surface area contributed by atoms with Gasteiger partial charge in [0, 0.05) is 17.3 Å². The zero-order valence-corrected chi connectivity index (χ0v) is 26.6. The lowest BCUT2D eigenvalue weighted by Crippen LogP contribution is -2.45. The SMILES string of the molecule is COC(=O)N[C@@H](C(=O)c1ccc([C@@H](CO)N(CCC(C)C)S(=O)(=O)c2ccccc2)s1)C(c1ccccc1)c1ccccc1. The van der Waals surface area contributed by atoms with Gasteiger partial charge in [0.2, 0.25) is 10.0 Å². The molecule has 8 nitrogen and oxygen atoms in total. The lowest BCUT2D eigenvalue weighted by Gasteiger charge is -2.30. The number of methoxy groups -OCH3 is 1. The Bertz CT molecular complexity index is 1570. The molecule has 0 saturated carbocycles. The highest BCUT2D eigenvalue weighted by Crippen LogP contribution is 2.35. The summed E-state index contributed by atoms with van der Waals surface area (Å²) in [5, 5.41) is 13.3. The molecule has 44 heavy (non-hydrogen) atoms. The number of nitrogens with zero attached hydrogens (tertiary/aromatic N) is 1. The first kappa shape index (κ1) is 33.1.